The average molecular weight is 577 g/mol. The van der Waals surface area contributed by atoms with Gasteiger partial charge in [0.1, 0.15) is 24.4 Å². The van der Waals surface area contributed by atoms with Crippen molar-refractivity contribution in [2.45, 2.75) is 149 Å². The number of aliphatic hydroxyl groups is 4. The zero-order valence-corrected chi connectivity index (χ0v) is 26.7. The average Bonchev–Trinajstić information content (AvgIpc) is 3.30. The highest BCUT2D eigenvalue weighted by molar-refractivity contribution is 5.27. The van der Waals surface area contributed by atoms with Gasteiger partial charge in [0, 0.05) is 0 Å². The van der Waals surface area contributed by atoms with Gasteiger partial charge in [0.2, 0.25) is 0 Å². The summed E-state index contributed by atoms with van der Waals surface area (Å²) in [6.45, 7) is 14.5. The molecule has 5 aliphatic rings. The molecule has 0 bridgehead atoms. The van der Waals surface area contributed by atoms with Crippen molar-refractivity contribution in [3.63, 3.8) is 0 Å². The fraction of sp³-hybridized carbons (Fsp3) is 0.943. The van der Waals surface area contributed by atoms with Crippen molar-refractivity contribution in [1.29, 1.82) is 0 Å². The number of hydrogen-bond acceptors (Lipinski definition) is 6. The van der Waals surface area contributed by atoms with E-state index in [2.05, 4.69) is 47.6 Å². The van der Waals surface area contributed by atoms with Gasteiger partial charge >= 0.3 is 0 Å². The molecule has 0 spiro atoms. The summed E-state index contributed by atoms with van der Waals surface area (Å²) in [5, 5.41) is 40.4. The van der Waals surface area contributed by atoms with Crippen LogP contribution in [0.5, 0.6) is 0 Å². The molecular formula is C35H60O6. The Labute approximate surface area is 249 Å². The third-order valence-corrected chi connectivity index (χ3v) is 13.4. The fourth-order valence-electron chi connectivity index (χ4n) is 10.6. The predicted octanol–water partition coefficient (Wildman–Crippen LogP) is 5.85. The van der Waals surface area contributed by atoms with Crippen LogP contribution in [0.25, 0.3) is 0 Å². The second-order valence-corrected chi connectivity index (χ2v) is 15.7. The Hall–Kier alpha value is -0.500. The standard InChI is InChI=1S/C35H60O6/c1-7-22(20(2)3)9-8-21(4)26-12-13-27-25-11-10-23-18-24(14-16-34(23,5)28(25)15-17-35(26,27)6)40-33-32(39)31(38)30(37)29(19-36)41-33/h11,20-24,26-33,36-39H,7-10,12-19H2,1-6H3/t21?,22?,23?,24-,26+,27?,28?,29+,30+,31+,32+,33+,34-,35+/m0/s1. The Morgan fingerprint density at radius 2 is 1.63 bits per heavy atom. The number of hydrogen-bond donors (Lipinski definition) is 4. The third-order valence-electron chi connectivity index (χ3n) is 13.4. The zero-order valence-electron chi connectivity index (χ0n) is 26.7. The topological polar surface area (TPSA) is 99.4 Å². The fourth-order valence-corrected chi connectivity index (χ4v) is 10.6. The molecule has 1 heterocycles. The van der Waals surface area contributed by atoms with E-state index < -0.39 is 37.3 Å². The Balaban J connectivity index is 1.24. The quantitative estimate of drug-likeness (QED) is 0.257. The van der Waals surface area contributed by atoms with Crippen molar-refractivity contribution >= 4 is 0 Å². The van der Waals surface area contributed by atoms with E-state index in [1.807, 2.05) is 0 Å². The molecule has 14 atom stereocenters. The number of aliphatic hydroxyl groups excluding tert-OH is 4. The first-order chi connectivity index (χ1) is 19.4. The largest absolute Gasteiger partial charge is 0.394 e. The molecule has 4 aliphatic carbocycles. The van der Waals surface area contributed by atoms with E-state index in [0.717, 1.165) is 55.3 Å². The Bertz CT molecular complexity index is 918. The molecule has 3 saturated carbocycles. The lowest BCUT2D eigenvalue weighted by atomic mass is 9.47. The molecule has 1 aliphatic heterocycles. The maximum Gasteiger partial charge on any atom is 0.186 e. The first kappa shape index (κ1) is 31.9. The lowest BCUT2D eigenvalue weighted by molar-refractivity contribution is -0.315. The second-order valence-electron chi connectivity index (χ2n) is 15.7. The van der Waals surface area contributed by atoms with Crippen LogP contribution in [0, 0.1) is 52.3 Å². The molecule has 0 radical (unpaired) electrons. The second kappa shape index (κ2) is 12.5. The molecule has 4 N–H and O–H groups in total. The van der Waals surface area contributed by atoms with Gasteiger partial charge in [-0.1, -0.05) is 66.0 Å². The first-order valence-electron chi connectivity index (χ1n) is 17.1. The lowest BCUT2D eigenvalue weighted by Crippen LogP contribution is -2.60. The third kappa shape index (κ3) is 5.73. The summed E-state index contributed by atoms with van der Waals surface area (Å²) in [6.07, 6.45) is 10.0. The normalized spacial score (nSPS) is 47.7. The molecule has 236 valence electrons. The van der Waals surface area contributed by atoms with Crippen molar-refractivity contribution in [3.8, 4) is 0 Å². The van der Waals surface area contributed by atoms with Crippen LogP contribution in [0.4, 0.5) is 0 Å². The van der Waals surface area contributed by atoms with Crippen molar-refractivity contribution in [2.75, 3.05) is 6.61 Å². The van der Waals surface area contributed by atoms with E-state index in [-0.39, 0.29) is 11.5 Å². The van der Waals surface area contributed by atoms with Crippen LogP contribution in [0.3, 0.4) is 0 Å². The van der Waals surface area contributed by atoms with Crippen molar-refractivity contribution < 1.29 is 29.9 Å². The predicted molar refractivity (Wildman–Crippen MR) is 161 cm³/mol. The molecule has 6 heteroatoms. The molecule has 5 unspecified atom stereocenters. The summed E-state index contributed by atoms with van der Waals surface area (Å²) in [5.74, 6) is 5.21. The molecule has 0 amide bonds. The molecule has 41 heavy (non-hydrogen) atoms. The minimum atomic E-state index is -1.39. The SMILES string of the molecule is CCC(CCC(C)[C@H]1CCC2C3=CCC4C[C@@H](O[C@@H]5O[C@H](CO)[C@@H](O)[C@@H](O)[C@H]5O)CC[C@]4(C)C3CC[C@@]21C)C(C)C. The van der Waals surface area contributed by atoms with Gasteiger partial charge in [-0.05, 0) is 110 Å². The van der Waals surface area contributed by atoms with E-state index in [1.165, 1.54) is 44.9 Å². The van der Waals surface area contributed by atoms with Gasteiger partial charge in [-0.25, -0.2) is 0 Å². The Kier molecular flexibility index (Phi) is 9.71. The number of allylic oxidation sites excluding steroid dienone is 2. The maximum atomic E-state index is 10.5. The van der Waals surface area contributed by atoms with Crippen LogP contribution in [0.2, 0.25) is 0 Å². The summed E-state index contributed by atoms with van der Waals surface area (Å²) in [4.78, 5) is 0. The molecule has 0 aromatic rings. The van der Waals surface area contributed by atoms with Crippen molar-refractivity contribution in [2.24, 2.45) is 52.3 Å². The Morgan fingerprint density at radius 3 is 2.32 bits per heavy atom. The number of fused-ring (bicyclic) bond motifs is 5. The maximum absolute atomic E-state index is 10.5. The summed E-state index contributed by atoms with van der Waals surface area (Å²) < 4.78 is 11.9. The Morgan fingerprint density at radius 1 is 0.927 bits per heavy atom. The van der Waals surface area contributed by atoms with E-state index in [0.29, 0.717) is 17.3 Å². The first-order valence-corrected chi connectivity index (χ1v) is 17.1. The number of ether oxygens (including phenoxy) is 2. The van der Waals surface area contributed by atoms with E-state index in [9.17, 15) is 20.4 Å². The van der Waals surface area contributed by atoms with Gasteiger partial charge < -0.3 is 29.9 Å². The highest BCUT2D eigenvalue weighted by Crippen LogP contribution is 2.67. The van der Waals surface area contributed by atoms with E-state index in [4.69, 9.17) is 9.47 Å². The van der Waals surface area contributed by atoms with Gasteiger partial charge in [-0.2, -0.15) is 0 Å². The lowest BCUT2D eigenvalue weighted by Gasteiger charge is -2.58. The summed E-state index contributed by atoms with van der Waals surface area (Å²) in [6, 6.07) is 0. The molecule has 5 rings (SSSR count). The molecular weight excluding hydrogens is 516 g/mol. The van der Waals surface area contributed by atoms with Crippen LogP contribution >= 0.6 is 0 Å². The smallest absolute Gasteiger partial charge is 0.186 e. The summed E-state index contributed by atoms with van der Waals surface area (Å²) in [7, 11) is 0. The minimum Gasteiger partial charge on any atom is -0.394 e. The summed E-state index contributed by atoms with van der Waals surface area (Å²) >= 11 is 0. The monoisotopic (exact) mass is 576 g/mol. The van der Waals surface area contributed by atoms with Gasteiger partial charge in [-0.15, -0.1) is 0 Å². The van der Waals surface area contributed by atoms with Crippen molar-refractivity contribution in [3.05, 3.63) is 11.6 Å². The van der Waals surface area contributed by atoms with E-state index in [1.54, 1.807) is 5.57 Å². The summed E-state index contributed by atoms with van der Waals surface area (Å²) in [5.41, 5.74) is 2.50. The van der Waals surface area contributed by atoms with Crippen LogP contribution < -0.4 is 0 Å². The van der Waals surface area contributed by atoms with Gasteiger partial charge in [0.25, 0.3) is 0 Å². The molecule has 1 saturated heterocycles. The van der Waals surface area contributed by atoms with Gasteiger partial charge in [0.05, 0.1) is 12.7 Å². The van der Waals surface area contributed by atoms with Crippen LogP contribution in [0.15, 0.2) is 11.6 Å². The van der Waals surface area contributed by atoms with Crippen LogP contribution in [0.1, 0.15) is 112 Å². The number of rotatable bonds is 9. The molecule has 4 fully saturated rings. The molecule has 0 aromatic carbocycles. The van der Waals surface area contributed by atoms with Crippen LogP contribution in [-0.4, -0.2) is 63.8 Å². The van der Waals surface area contributed by atoms with Crippen LogP contribution in [-0.2, 0) is 9.47 Å². The van der Waals surface area contributed by atoms with Crippen molar-refractivity contribution in [1.82, 2.24) is 0 Å². The van der Waals surface area contributed by atoms with E-state index >= 15 is 0 Å². The van der Waals surface area contributed by atoms with Gasteiger partial charge in [-0.3, -0.25) is 0 Å². The molecule has 6 nitrogen and oxygen atoms in total. The van der Waals surface area contributed by atoms with Gasteiger partial charge in [0.15, 0.2) is 6.29 Å². The highest BCUT2D eigenvalue weighted by Gasteiger charge is 2.58. The zero-order chi connectivity index (χ0) is 29.7. The minimum absolute atomic E-state index is 0.0622. The highest BCUT2D eigenvalue weighted by atomic mass is 16.7. The molecule has 0 aromatic heterocycles.